The van der Waals surface area contributed by atoms with E-state index in [0.29, 0.717) is 18.7 Å². The second-order valence-corrected chi connectivity index (χ2v) is 7.44. The molecule has 124 valence electrons. The van der Waals surface area contributed by atoms with Crippen LogP contribution in [-0.4, -0.2) is 33.7 Å². The van der Waals surface area contributed by atoms with Crippen molar-refractivity contribution in [2.24, 2.45) is 0 Å². The summed E-state index contributed by atoms with van der Waals surface area (Å²) in [7, 11) is -3.40. The molecule has 1 amide bonds. The van der Waals surface area contributed by atoms with Crippen molar-refractivity contribution in [3.63, 3.8) is 0 Å². The molecule has 0 aliphatic carbocycles. The number of hydrogen-bond acceptors (Lipinski definition) is 3. The molecule has 0 aliphatic heterocycles. The van der Waals surface area contributed by atoms with E-state index in [1.165, 1.54) is 10.6 Å². The van der Waals surface area contributed by atoms with Crippen molar-refractivity contribution in [2.45, 2.75) is 40.0 Å². The molecule has 0 bridgehead atoms. The van der Waals surface area contributed by atoms with Gasteiger partial charge in [-0.25, -0.2) is 8.42 Å². The normalized spacial score (nSPS) is 11.3. The van der Waals surface area contributed by atoms with Crippen LogP contribution >= 0.6 is 0 Å². The number of para-hydroxylation sites is 1. The summed E-state index contributed by atoms with van der Waals surface area (Å²) in [6.45, 7) is 6.35. The Balaban J connectivity index is 2.82. The van der Waals surface area contributed by atoms with Gasteiger partial charge in [-0.15, -0.1) is 0 Å². The number of carbonyl (C=O) groups is 1. The summed E-state index contributed by atoms with van der Waals surface area (Å²) in [5, 5.41) is 2.78. The lowest BCUT2D eigenvalue weighted by molar-refractivity contribution is -0.121. The van der Waals surface area contributed by atoms with Gasteiger partial charge >= 0.3 is 0 Å². The smallest absolute Gasteiger partial charge is 0.232 e. The monoisotopic (exact) mass is 326 g/mol. The van der Waals surface area contributed by atoms with Gasteiger partial charge in [0.05, 0.1) is 18.5 Å². The molecule has 0 saturated carbocycles. The van der Waals surface area contributed by atoms with Gasteiger partial charge in [0.2, 0.25) is 15.9 Å². The molecule has 1 aromatic carbocycles. The van der Waals surface area contributed by atoms with Crippen molar-refractivity contribution in [1.82, 2.24) is 5.32 Å². The zero-order chi connectivity index (χ0) is 16.8. The minimum atomic E-state index is -3.40. The number of anilines is 1. The van der Waals surface area contributed by atoms with Crippen LogP contribution in [0.25, 0.3) is 0 Å². The summed E-state index contributed by atoms with van der Waals surface area (Å²) in [5.41, 5.74) is 2.51. The van der Waals surface area contributed by atoms with Gasteiger partial charge in [-0.3, -0.25) is 9.10 Å². The molecule has 0 heterocycles. The van der Waals surface area contributed by atoms with Gasteiger partial charge in [-0.2, -0.15) is 0 Å². The van der Waals surface area contributed by atoms with Crippen molar-refractivity contribution >= 4 is 21.6 Å². The van der Waals surface area contributed by atoms with Gasteiger partial charge in [-0.1, -0.05) is 31.5 Å². The number of carbonyl (C=O) groups excluding carboxylic acids is 1. The van der Waals surface area contributed by atoms with E-state index in [-0.39, 0.29) is 12.5 Å². The Hall–Kier alpha value is -1.56. The van der Waals surface area contributed by atoms with Gasteiger partial charge < -0.3 is 5.32 Å². The van der Waals surface area contributed by atoms with Crippen LogP contribution < -0.4 is 9.62 Å². The highest BCUT2D eigenvalue weighted by Crippen LogP contribution is 2.26. The Morgan fingerprint density at radius 2 is 1.82 bits per heavy atom. The average Bonchev–Trinajstić information content (AvgIpc) is 2.42. The van der Waals surface area contributed by atoms with E-state index < -0.39 is 10.0 Å². The van der Waals surface area contributed by atoms with Crippen molar-refractivity contribution < 1.29 is 13.2 Å². The third kappa shape index (κ3) is 5.33. The number of aryl methyl sites for hydroxylation is 2. The van der Waals surface area contributed by atoms with E-state index in [1.807, 2.05) is 39.0 Å². The van der Waals surface area contributed by atoms with Gasteiger partial charge in [-0.05, 0) is 31.4 Å². The first-order valence-electron chi connectivity index (χ1n) is 7.58. The summed E-state index contributed by atoms with van der Waals surface area (Å²) < 4.78 is 25.6. The van der Waals surface area contributed by atoms with E-state index in [9.17, 15) is 13.2 Å². The average molecular weight is 326 g/mol. The van der Waals surface area contributed by atoms with E-state index >= 15 is 0 Å². The highest BCUT2D eigenvalue weighted by Gasteiger charge is 2.20. The van der Waals surface area contributed by atoms with Crippen molar-refractivity contribution in [3.05, 3.63) is 29.3 Å². The second kappa shape index (κ2) is 8.17. The van der Waals surface area contributed by atoms with Gasteiger partial charge in [0.25, 0.3) is 0 Å². The maximum absolute atomic E-state index is 12.1. The first-order valence-corrected chi connectivity index (χ1v) is 9.42. The zero-order valence-corrected chi connectivity index (χ0v) is 14.7. The number of hydrogen-bond donors (Lipinski definition) is 1. The molecule has 1 aromatic rings. The molecule has 5 nitrogen and oxygen atoms in total. The van der Waals surface area contributed by atoms with Crippen LogP contribution in [0.15, 0.2) is 18.2 Å². The van der Waals surface area contributed by atoms with Crippen molar-refractivity contribution in [1.29, 1.82) is 0 Å². The fraction of sp³-hybridized carbons (Fsp3) is 0.562. The first kappa shape index (κ1) is 18.5. The molecule has 0 unspecified atom stereocenters. The maximum Gasteiger partial charge on any atom is 0.232 e. The molecule has 6 heteroatoms. The Morgan fingerprint density at radius 1 is 1.23 bits per heavy atom. The molecule has 0 fully saturated rings. The van der Waals surface area contributed by atoms with Crippen molar-refractivity contribution in [3.8, 4) is 0 Å². The Labute approximate surface area is 133 Å². The third-order valence-electron chi connectivity index (χ3n) is 3.48. The lowest BCUT2D eigenvalue weighted by Crippen LogP contribution is -2.38. The predicted molar refractivity (Wildman–Crippen MR) is 90.6 cm³/mol. The van der Waals surface area contributed by atoms with Crippen molar-refractivity contribution in [2.75, 3.05) is 23.7 Å². The number of benzene rings is 1. The molecule has 0 aliphatic rings. The van der Waals surface area contributed by atoms with Crippen LogP contribution in [0, 0.1) is 13.8 Å². The van der Waals surface area contributed by atoms with Gasteiger partial charge in [0.1, 0.15) is 0 Å². The lowest BCUT2D eigenvalue weighted by atomic mass is 10.1. The number of amides is 1. The maximum atomic E-state index is 12.1. The number of nitrogens with zero attached hydrogens (tertiary/aromatic N) is 1. The highest BCUT2D eigenvalue weighted by atomic mass is 32.2. The number of sulfonamides is 1. The molecule has 0 aromatic heterocycles. The topological polar surface area (TPSA) is 66.5 Å². The molecule has 0 radical (unpaired) electrons. The van der Waals surface area contributed by atoms with Crippen LogP contribution in [0.5, 0.6) is 0 Å². The summed E-state index contributed by atoms with van der Waals surface area (Å²) in [6, 6.07) is 5.68. The fourth-order valence-electron chi connectivity index (χ4n) is 2.37. The largest absolute Gasteiger partial charge is 0.354 e. The minimum Gasteiger partial charge on any atom is -0.354 e. The van der Waals surface area contributed by atoms with E-state index in [2.05, 4.69) is 5.32 Å². The van der Waals surface area contributed by atoms with E-state index in [0.717, 1.165) is 24.0 Å². The molecular weight excluding hydrogens is 300 g/mol. The minimum absolute atomic E-state index is 0.0307. The second-order valence-electron chi connectivity index (χ2n) is 5.53. The molecule has 1 N–H and O–H groups in total. The molecule has 0 saturated heterocycles. The Kier molecular flexibility index (Phi) is 6.87. The van der Waals surface area contributed by atoms with Crippen LogP contribution in [0.1, 0.15) is 37.3 Å². The summed E-state index contributed by atoms with van der Waals surface area (Å²) in [4.78, 5) is 11.6. The molecule has 1 rings (SSSR count). The Morgan fingerprint density at radius 3 is 2.32 bits per heavy atom. The summed E-state index contributed by atoms with van der Waals surface area (Å²) >= 11 is 0. The summed E-state index contributed by atoms with van der Waals surface area (Å²) in [5.74, 6) is -0.0307. The molecule has 0 spiro atoms. The third-order valence-corrected chi connectivity index (χ3v) is 4.65. The quantitative estimate of drug-likeness (QED) is 0.797. The van der Waals surface area contributed by atoms with Crippen LogP contribution in [0.3, 0.4) is 0 Å². The lowest BCUT2D eigenvalue weighted by Gasteiger charge is -2.26. The number of nitrogens with one attached hydrogen (secondary N) is 1. The van der Waals surface area contributed by atoms with Crippen LogP contribution in [-0.2, 0) is 14.8 Å². The molecule has 22 heavy (non-hydrogen) atoms. The number of rotatable bonds is 8. The predicted octanol–water partition coefficient (Wildman–Crippen LogP) is 2.38. The molecular formula is C16H26N2O3S. The SMILES string of the molecule is CCCCC(=O)NCCN(c1c(C)cccc1C)S(C)(=O)=O. The van der Waals surface area contributed by atoms with E-state index in [4.69, 9.17) is 0 Å². The van der Waals surface area contributed by atoms with E-state index in [1.54, 1.807) is 0 Å². The van der Waals surface area contributed by atoms with Gasteiger partial charge in [0.15, 0.2) is 0 Å². The van der Waals surface area contributed by atoms with Crippen LogP contribution in [0.2, 0.25) is 0 Å². The standard InChI is InChI=1S/C16H26N2O3S/c1-5-6-10-15(19)17-11-12-18(22(4,20)21)16-13(2)8-7-9-14(16)3/h7-9H,5-6,10-12H2,1-4H3,(H,17,19). The first-order chi connectivity index (χ1) is 10.3. The number of unbranched alkanes of at least 4 members (excludes halogenated alkanes) is 1. The van der Waals surface area contributed by atoms with Crippen LogP contribution in [0.4, 0.5) is 5.69 Å². The fourth-order valence-corrected chi connectivity index (χ4v) is 3.41. The zero-order valence-electron chi connectivity index (χ0n) is 13.8. The summed E-state index contributed by atoms with van der Waals surface area (Å²) in [6.07, 6.45) is 3.49. The highest BCUT2D eigenvalue weighted by molar-refractivity contribution is 7.92. The molecule has 0 atom stereocenters. The van der Waals surface area contributed by atoms with Gasteiger partial charge in [0, 0.05) is 13.0 Å². The Bertz CT molecular complexity index is 592.